The Balaban J connectivity index is 2.82. The number of nitrogens with zero attached hydrogens (tertiary/aromatic N) is 1. The number of hydrogen-bond donors (Lipinski definition) is 1. The zero-order chi connectivity index (χ0) is 16.0. The summed E-state index contributed by atoms with van der Waals surface area (Å²) in [4.78, 5) is 13.8. The Bertz CT molecular complexity index is 485. The van der Waals surface area contributed by atoms with Crippen molar-refractivity contribution >= 4 is 17.8 Å². The number of halogens is 1. The molecule has 1 N–H and O–H groups in total. The summed E-state index contributed by atoms with van der Waals surface area (Å²) in [6, 6.07) is 4.03. The molecule has 0 heterocycles. The van der Waals surface area contributed by atoms with Crippen molar-refractivity contribution in [1.82, 2.24) is 10.2 Å². The normalized spacial score (nSPS) is 13.4. The van der Waals surface area contributed by atoms with Gasteiger partial charge in [0.15, 0.2) is 0 Å². The number of ether oxygens (including phenoxy) is 1. The molecule has 2 amide bonds. The fourth-order valence-corrected chi connectivity index (χ4v) is 2.73. The molecule has 0 fully saturated rings. The first-order chi connectivity index (χ1) is 9.92. The molecule has 1 rings (SSSR count). The third-order valence-corrected chi connectivity index (χ3v) is 4.21. The van der Waals surface area contributed by atoms with Crippen molar-refractivity contribution in [2.24, 2.45) is 0 Å². The third kappa shape index (κ3) is 4.52. The molecule has 2 atom stereocenters. The molecule has 1 aromatic carbocycles. The largest absolute Gasteiger partial charge is 0.496 e. The highest BCUT2D eigenvalue weighted by atomic mass is 32.2. The summed E-state index contributed by atoms with van der Waals surface area (Å²) in [7, 11) is 3.22. The van der Waals surface area contributed by atoms with Crippen LogP contribution in [0.4, 0.5) is 9.18 Å². The Labute approximate surface area is 130 Å². The molecule has 0 aliphatic heterocycles. The van der Waals surface area contributed by atoms with Gasteiger partial charge in [-0.25, -0.2) is 9.18 Å². The average molecular weight is 314 g/mol. The van der Waals surface area contributed by atoms with Crippen LogP contribution in [0.25, 0.3) is 0 Å². The number of hydrogen-bond acceptors (Lipinski definition) is 3. The molecule has 0 bridgehead atoms. The van der Waals surface area contributed by atoms with E-state index in [4.69, 9.17) is 4.74 Å². The quantitative estimate of drug-likeness (QED) is 0.876. The molecular formula is C15H23FN2O2S. The van der Waals surface area contributed by atoms with Crippen molar-refractivity contribution in [3.63, 3.8) is 0 Å². The van der Waals surface area contributed by atoms with Crippen LogP contribution in [0.2, 0.25) is 0 Å². The molecule has 0 aliphatic carbocycles. The lowest BCUT2D eigenvalue weighted by Gasteiger charge is -2.27. The topological polar surface area (TPSA) is 41.6 Å². The van der Waals surface area contributed by atoms with Crippen molar-refractivity contribution in [3.05, 3.63) is 29.6 Å². The van der Waals surface area contributed by atoms with Crippen LogP contribution >= 0.6 is 11.8 Å². The smallest absolute Gasteiger partial charge is 0.317 e. The molecule has 118 valence electrons. The summed E-state index contributed by atoms with van der Waals surface area (Å²) in [5.74, 6) is 0.894. The van der Waals surface area contributed by atoms with E-state index in [1.54, 1.807) is 42.8 Å². The number of methoxy groups -OCH3 is 1. The number of carbonyl (C=O) groups is 1. The predicted molar refractivity (Wildman–Crippen MR) is 85.5 cm³/mol. The number of benzene rings is 1. The number of carbonyl (C=O) groups excluding carboxylic acids is 1. The van der Waals surface area contributed by atoms with Gasteiger partial charge in [0.2, 0.25) is 0 Å². The van der Waals surface area contributed by atoms with Crippen molar-refractivity contribution in [1.29, 1.82) is 0 Å². The van der Waals surface area contributed by atoms with E-state index in [2.05, 4.69) is 5.32 Å². The van der Waals surface area contributed by atoms with E-state index >= 15 is 0 Å². The highest BCUT2D eigenvalue weighted by molar-refractivity contribution is 7.98. The maximum absolute atomic E-state index is 14.0. The zero-order valence-corrected chi connectivity index (χ0v) is 14.0. The molecule has 0 spiro atoms. The molecule has 1 aromatic rings. The summed E-state index contributed by atoms with van der Waals surface area (Å²) < 4.78 is 19.1. The van der Waals surface area contributed by atoms with Crippen LogP contribution in [-0.4, -0.2) is 43.1 Å². The molecule has 0 saturated heterocycles. The number of urea groups is 1. The molecule has 0 unspecified atom stereocenters. The van der Waals surface area contributed by atoms with Gasteiger partial charge in [-0.3, -0.25) is 0 Å². The summed E-state index contributed by atoms with van der Waals surface area (Å²) in [5, 5.41) is 2.81. The number of rotatable bonds is 6. The van der Waals surface area contributed by atoms with Crippen LogP contribution in [0.5, 0.6) is 5.75 Å². The van der Waals surface area contributed by atoms with Gasteiger partial charge in [0.1, 0.15) is 11.6 Å². The van der Waals surface area contributed by atoms with Crippen molar-refractivity contribution in [2.45, 2.75) is 25.9 Å². The lowest BCUT2D eigenvalue weighted by molar-refractivity contribution is 0.194. The fourth-order valence-electron chi connectivity index (χ4n) is 2.03. The summed E-state index contributed by atoms with van der Waals surface area (Å²) in [5.41, 5.74) is 0.360. The second kappa shape index (κ2) is 8.12. The van der Waals surface area contributed by atoms with E-state index in [0.717, 1.165) is 5.75 Å². The van der Waals surface area contributed by atoms with Gasteiger partial charge < -0.3 is 15.0 Å². The van der Waals surface area contributed by atoms with E-state index in [-0.39, 0.29) is 17.9 Å². The lowest BCUT2D eigenvalue weighted by atomic mass is 10.1. The molecule has 0 aliphatic rings. The van der Waals surface area contributed by atoms with Crippen LogP contribution in [0.1, 0.15) is 25.5 Å². The van der Waals surface area contributed by atoms with Gasteiger partial charge in [0.05, 0.1) is 18.7 Å². The highest BCUT2D eigenvalue weighted by Crippen LogP contribution is 2.27. The zero-order valence-electron chi connectivity index (χ0n) is 13.1. The molecule has 21 heavy (non-hydrogen) atoms. The molecule has 4 nitrogen and oxygen atoms in total. The molecule has 0 radical (unpaired) electrons. The Morgan fingerprint density at radius 3 is 2.71 bits per heavy atom. The second-order valence-corrected chi connectivity index (χ2v) is 5.85. The third-order valence-electron chi connectivity index (χ3n) is 3.40. The Hall–Kier alpha value is -1.43. The highest BCUT2D eigenvalue weighted by Gasteiger charge is 2.21. The first kappa shape index (κ1) is 17.6. The Morgan fingerprint density at radius 2 is 2.14 bits per heavy atom. The lowest BCUT2D eigenvalue weighted by Crippen LogP contribution is -2.44. The van der Waals surface area contributed by atoms with Crippen molar-refractivity contribution < 1.29 is 13.9 Å². The molecule has 0 aromatic heterocycles. The van der Waals surface area contributed by atoms with E-state index < -0.39 is 6.04 Å². The van der Waals surface area contributed by atoms with E-state index in [1.165, 1.54) is 13.2 Å². The fraction of sp³-hybridized carbons (Fsp3) is 0.533. The number of amides is 2. The first-order valence-corrected chi connectivity index (χ1v) is 8.16. The van der Waals surface area contributed by atoms with E-state index in [9.17, 15) is 9.18 Å². The van der Waals surface area contributed by atoms with Gasteiger partial charge >= 0.3 is 6.03 Å². The minimum absolute atomic E-state index is 0.106. The molecule has 0 saturated carbocycles. The van der Waals surface area contributed by atoms with Crippen LogP contribution in [0.15, 0.2) is 18.2 Å². The standard InChI is InChI=1S/C15H23FN2O2S/c1-10(9-21-5)18(3)15(19)17-11(2)14-12(16)7-6-8-13(14)20-4/h6-8,10-11H,9H2,1-5H3,(H,17,19)/t10-,11-/m1/s1. The minimum atomic E-state index is -0.474. The number of nitrogens with one attached hydrogen (secondary N) is 1. The number of thioether (sulfide) groups is 1. The van der Waals surface area contributed by atoms with Crippen LogP contribution < -0.4 is 10.1 Å². The predicted octanol–water partition coefficient (Wildman–Crippen LogP) is 3.29. The minimum Gasteiger partial charge on any atom is -0.496 e. The maximum atomic E-state index is 14.0. The van der Waals surface area contributed by atoms with Gasteiger partial charge in [0, 0.05) is 18.8 Å². The van der Waals surface area contributed by atoms with Gasteiger partial charge in [-0.15, -0.1) is 0 Å². The van der Waals surface area contributed by atoms with Gasteiger partial charge in [-0.2, -0.15) is 11.8 Å². The average Bonchev–Trinajstić information content (AvgIpc) is 2.45. The van der Waals surface area contributed by atoms with Crippen LogP contribution in [0, 0.1) is 5.82 Å². The van der Waals surface area contributed by atoms with Crippen molar-refractivity contribution in [2.75, 3.05) is 26.2 Å². The van der Waals surface area contributed by atoms with Crippen molar-refractivity contribution in [3.8, 4) is 5.75 Å². The van der Waals surface area contributed by atoms with Gasteiger partial charge in [-0.1, -0.05) is 6.07 Å². The Kier molecular flexibility index (Phi) is 6.81. The van der Waals surface area contributed by atoms with E-state index in [0.29, 0.717) is 11.3 Å². The van der Waals surface area contributed by atoms with Crippen LogP contribution in [0.3, 0.4) is 0 Å². The monoisotopic (exact) mass is 314 g/mol. The summed E-state index contributed by atoms with van der Waals surface area (Å²) >= 11 is 1.68. The molecule has 6 heteroatoms. The molecular weight excluding hydrogens is 291 g/mol. The SMILES string of the molecule is COc1cccc(F)c1[C@@H](C)NC(=O)N(C)[C@H](C)CSC. The van der Waals surface area contributed by atoms with Gasteiger partial charge in [-0.05, 0) is 32.2 Å². The summed E-state index contributed by atoms with van der Waals surface area (Å²) in [6.07, 6.45) is 2.00. The summed E-state index contributed by atoms with van der Waals surface area (Å²) in [6.45, 7) is 3.72. The van der Waals surface area contributed by atoms with Crippen LogP contribution in [-0.2, 0) is 0 Å². The first-order valence-electron chi connectivity index (χ1n) is 6.77. The second-order valence-electron chi connectivity index (χ2n) is 4.94. The van der Waals surface area contributed by atoms with Gasteiger partial charge in [0.25, 0.3) is 0 Å². The maximum Gasteiger partial charge on any atom is 0.317 e. The van der Waals surface area contributed by atoms with E-state index in [1.807, 2.05) is 13.2 Å². The Morgan fingerprint density at radius 1 is 1.48 bits per heavy atom.